The van der Waals surface area contributed by atoms with E-state index in [2.05, 4.69) is 19.2 Å². The zero-order valence-electron chi connectivity index (χ0n) is 13.0. The molecule has 0 saturated carbocycles. The van der Waals surface area contributed by atoms with Gasteiger partial charge >= 0.3 is 0 Å². The summed E-state index contributed by atoms with van der Waals surface area (Å²) in [6, 6.07) is 7.59. The van der Waals surface area contributed by atoms with Crippen LogP contribution in [0.5, 0.6) is 5.75 Å². The quantitative estimate of drug-likeness (QED) is 0.867. The highest BCUT2D eigenvalue weighted by Crippen LogP contribution is 2.18. The Hall–Kier alpha value is -1.56. The van der Waals surface area contributed by atoms with Gasteiger partial charge in [0.15, 0.2) is 9.84 Å². The van der Waals surface area contributed by atoms with Crippen molar-refractivity contribution in [1.29, 1.82) is 0 Å². The van der Waals surface area contributed by atoms with E-state index in [0.29, 0.717) is 12.3 Å². The van der Waals surface area contributed by atoms with Crippen LogP contribution in [0.25, 0.3) is 0 Å². The highest BCUT2D eigenvalue weighted by molar-refractivity contribution is 7.91. The Kier molecular flexibility index (Phi) is 5.45. The van der Waals surface area contributed by atoms with Crippen LogP contribution in [-0.2, 0) is 14.6 Å². The van der Waals surface area contributed by atoms with Crippen molar-refractivity contribution in [3.63, 3.8) is 0 Å². The lowest BCUT2D eigenvalue weighted by Gasteiger charge is -2.12. The summed E-state index contributed by atoms with van der Waals surface area (Å²) < 4.78 is 28.2. The minimum absolute atomic E-state index is 0.0518. The summed E-state index contributed by atoms with van der Waals surface area (Å²) in [6.07, 6.45) is 0.730. The SMILES string of the molecule is CC(C)c1ccc(OCCC(=O)N[C@@H]2CCS(=O)(=O)C2)cc1. The molecule has 0 spiro atoms. The van der Waals surface area contributed by atoms with Crippen molar-refractivity contribution in [2.45, 2.75) is 38.6 Å². The van der Waals surface area contributed by atoms with Gasteiger partial charge in [0.1, 0.15) is 5.75 Å². The molecule has 122 valence electrons. The van der Waals surface area contributed by atoms with E-state index in [1.54, 1.807) is 0 Å². The second-order valence-corrected chi connectivity index (χ2v) is 8.22. The third kappa shape index (κ3) is 5.02. The average molecular weight is 325 g/mol. The topological polar surface area (TPSA) is 72.5 Å². The van der Waals surface area contributed by atoms with Crippen LogP contribution in [0.4, 0.5) is 0 Å². The molecule has 0 aromatic heterocycles. The molecule has 1 atom stereocenters. The van der Waals surface area contributed by atoms with E-state index in [0.717, 1.165) is 5.75 Å². The Balaban J connectivity index is 1.71. The highest BCUT2D eigenvalue weighted by Gasteiger charge is 2.28. The molecule has 1 aromatic rings. The van der Waals surface area contributed by atoms with Crippen LogP contribution >= 0.6 is 0 Å². The van der Waals surface area contributed by atoms with Crippen LogP contribution in [0.15, 0.2) is 24.3 Å². The summed E-state index contributed by atoms with van der Waals surface area (Å²) in [7, 11) is -2.96. The third-order valence-electron chi connectivity index (χ3n) is 3.74. The van der Waals surface area contributed by atoms with Crippen molar-refractivity contribution in [3.05, 3.63) is 29.8 Å². The van der Waals surface area contributed by atoms with E-state index in [-0.39, 0.29) is 36.5 Å². The molecule has 0 bridgehead atoms. The summed E-state index contributed by atoms with van der Waals surface area (Å²) in [4.78, 5) is 11.8. The van der Waals surface area contributed by atoms with Gasteiger partial charge in [0.05, 0.1) is 24.5 Å². The van der Waals surface area contributed by atoms with Gasteiger partial charge in [-0.2, -0.15) is 0 Å². The van der Waals surface area contributed by atoms with Gasteiger partial charge in [0.2, 0.25) is 5.91 Å². The molecule has 6 heteroatoms. The Bertz CT molecular complexity index is 608. The Morgan fingerprint density at radius 2 is 2.00 bits per heavy atom. The fourth-order valence-corrected chi connectivity index (χ4v) is 4.09. The minimum Gasteiger partial charge on any atom is -0.493 e. The van der Waals surface area contributed by atoms with Crippen LogP contribution in [0.3, 0.4) is 0 Å². The number of benzene rings is 1. The molecule has 5 nitrogen and oxygen atoms in total. The monoisotopic (exact) mass is 325 g/mol. The lowest BCUT2D eigenvalue weighted by Crippen LogP contribution is -2.36. The standard InChI is InChI=1S/C16H23NO4S/c1-12(2)13-3-5-15(6-4-13)21-9-7-16(18)17-14-8-10-22(19,20)11-14/h3-6,12,14H,7-11H2,1-2H3,(H,17,18)/t14-/m1/s1. The van der Waals surface area contributed by atoms with Crippen LogP contribution in [0.2, 0.25) is 0 Å². The van der Waals surface area contributed by atoms with Gasteiger partial charge in [-0.25, -0.2) is 8.42 Å². The highest BCUT2D eigenvalue weighted by atomic mass is 32.2. The molecular weight excluding hydrogens is 302 g/mol. The van der Waals surface area contributed by atoms with Gasteiger partial charge in [0, 0.05) is 6.04 Å². The molecule has 1 amide bonds. The first kappa shape index (κ1) is 16.8. The van der Waals surface area contributed by atoms with Gasteiger partial charge < -0.3 is 10.1 Å². The second-order valence-electron chi connectivity index (χ2n) is 5.99. The third-order valence-corrected chi connectivity index (χ3v) is 5.51. The van der Waals surface area contributed by atoms with Crippen molar-refractivity contribution in [1.82, 2.24) is 5.32 Å². The molecule has 22 heavy (non-hydrogen) atoms. The normalized spacial score (nSPS) is 20.0. The fourth-order valence-electron chi connectivity index (χ4n) is 2.42. The number of nitrogens with one attached hydrogen (secondary N) is 1. The maximum absolute atomic E-state index is 11.8. The summed E-state index contributed by atoms with van der Waals surface area (Å²) >= 11 is 0. The van der Waals surface area contributed by atoms with E-state index in [9.17, 15) is 13.2 Å². The molecule has 2 rings (SSSR count). The average Bonchev–Trinajstić information content (AvgIpc) is 2.78. The Morgan fingerprint density at radius 3 is 2.55 bits per heavy atom. The van der Waals surface area contributed by atoms with E-state index < -0.39 is 9.84 Å². The first-order valence-corrected chi connectivity index (χ1v) is 9.40. The van der Waals surface area contributed by atoms with Gasteiger partial charge in [-0.3, -0.25) is 4.79 Å². The van der Waals surface area contributed by atoms with Crippen molar-refractivity contribution in [2.75, 3.05) is 18.1 Å². The zero-order chi connectivity index (χ0) is 16.2. The van der Waals surface area contributed by atoms with Gasteiger partial charge in [-0.1, -0.05) is 26.0 Å². The van der Waals surface area contributed by atoms with Crippen LogP contribution in [0, 0.1) is 0 Å². The molecule has 1 aliphatic rings. The number of carbonyl (C=O) groups excluding carboxylic acids is 1. The molecule has 0 unspecified atom stereocenters. The van der Waals surface area contributed by atoms with Crippen LogP contribution in [-0.4, -0.2) is 38.5 Å². The molecule has 0 aliphatic carbocycles. The molecule has 1 fully saturated rings. The maximum atomic E-state index is 11.8. The number of ether oxygens (including phenoxy) is 1. The number of rotatable bonds is 6. The van der Waals surface area contributed by atoms with E-state index in [1.165, 1.54) is 5.56 Å². The number of carbonyl (C=O) groups is 1. The summed E-state index contributed by atoms with van der Waals surface area (Å²) in [6.45, 7) is 4.54. The second kappa shape index (κ2) is 7.13. The summed E-state index contributed by atoms with van der Waals surface area (Å²) in [5.41, 5.74) is 1.24. The number of hydrogen-bond donors (Lipinski definition) is 1. The van der Waals surface area contributed by atoms with Crippen molar-refractivity contribution >= 4 is 15.7 Å². The van der Waals surface area contributed by atoms with Crippen molar-refractivity contribution in [2.24, 2.45) is 0 Å². The zero-order valence-corrected chi connectivity index (χ0v) is 13.9. The Labute approximate surface area is 132 Å². The first-order valence-electron chi connectivity index (χ1n) is 7.58. The van der Waals surface area contributed by atoms with Crippen LogP contribution < -0.4 is 10.1 Å². The van der Waals surface area contributed by atoms with Gasteiger partial charge in [0.25, 0.3) is 0 Å². The maximum Gasteiger partial charge on any atom is 0.223 e. The van der Waals surface area contributed by atoms with Crippen LogP contribution in [0.1, 0.15) is 38.2 Å². The van der Waals surface area contributed by atoms with E-state index in [4.69, 9.17) is 4.74 Å². The van der Waals surface area contributed by atoms with Crippen molar-refractivity contribution in [3.8, 4) is 5.75 Å². The molecule has 1 saturated heterocycles. The molecule has 1 aromatic carbocycles. The molecule has 1 heterocycles. The van der Waals surface area contributed by atoms with Gasteiger partial charge in [-0.05, 0) is 30.0 Å². The predicted octanol–water partition coefficient (Wildman–Crippen LogP) is 1.88. The largest absolute Gasteiger partial charge is 0.493 e. The summed E-state index contributed by atoms with van der Waals surface area (Å²) in [5, 5.41) is 2.75. The Morgan fingerprint density at radius 1 is 1.32 bits per heavy atom. The smallest absolute Gasteiger partial charge is 0.223 e. The predicted molar refractivity (Wildman–Crippen MR) is 85.8 cm³/mol. The molecular formula is C16H23NO4S. The van der Waals surface area contributed by atoms with E-state index in [1.807, 2.05) is 24.3 Å². The van der Waals surface area contributed by atoms with Crippen molar-refractivity contribution < 1.29 is 17.9 Å². The first-order chi connectivity index (χ1) is 10.4. The number of hydrogen-bond acceptors (Lipinski definition) is 4. The lowest BCUT2D eigenvalue weighted by atomic mass is 10.0. The number of sulfone groups is 1. The molecule has 0 radical (unpaired) electrons. The molecule has 1 aliphatic heterocycles. The number of amides is 1. The fraction of sp³-hybridized carbons (Fsp3) is 0.562. The lowest BCUT2D eigenvalue weighted by molar-refractivity contribution is -0.122. The minimum atomic E-state index is -2.96. The summed E-state index contributed by atoms with van der Waals surface area (Å²) in [5.74, 6) is 1.26. The van der Waals surface area contributed by atoms with Gasteiger partial charge in [-0.15, -0.1) is 0 Å². The molecule has 1 N–H and O–H groups in total. The van der Waals surface area contributed by atoms with E-state index >= 15 is 0 Å².